The van der Waals surface area contributed by atoms with Gasteiger partial charge in [0.15, 0.2) is 0 Å². The van der Waals surface area contributed by atoms with Gasteiger partial charge >= 0.3 is 0 Å². The van der Waals surface area contributed by atoms with E-state index < -0.39 is 0 Å². The summed E-state index contributed by atoms with van der Waals surface area (Å²) in [5, 5.41) is 0. The van der Waals surface area contributed by atoms with Crippen LogP contribution in [0.2, 0.25) is 0 Å². The second kappa shape index (κ2) is 4.63. The first-order valence-corrected chi connectivity index (χ1v) is 5.33. The summed E-state index contributed by atoms with van der Waals surface area (Å²) in [7, 11) is 1.89. The Morgan fingerprint density at radius 3 is 3.19 bits per heavy atom. The number of nitrogens with two attached hydrogens (primary N) is 1. The third kappa shape index (κ3) is 1.94. The Hall–Kier alpha value is -1.40. The number of ether oxygens (including phenoxy) is 1. The minimum Gasteiger partial charge on any atom is -0.369 e. The lowest BCUT2D eigenvalue weighted by molar-refractivity contribution is -0.135. The molecule has 1 amide bonds. The van der Waals surface area contributed by atoms with Crippen LogP contribution in [0, 0.1) is 5.92 Å². The van der Waals surface area contributed by atoms with E-state index in [9.17, 15) is 4.79 Å². The predicted molar refractivity (Wildman–Crippen MR) is 57.0 cm³/mol. The summed E-state index contributed by atoms with van der Waals surface area (Å²) >= 11 is 0. The summed E-state index contributed by atoms with van der Waals surface area (Å²) in [5.74, 6) is 5.51. The van der Waals surface area contributed by atoms with Gasteiger partial charge in [0.2, 0.25) is 5.91 Å². The molecule has 6 heteroatoms. The Bertz CT molecular complexity index is 377. The first-order valence-electron chi connectivity index (χ1n) is 5.33. The second-order valence-corrected chi connectivity index (χ2v) is 3.95. The molecule has 1 aliphatic rings. The highest BCUT2D eigenvalue weighted by Gasteiger charge is 2.34. The quantitative estimate of drug-likeness (QED) is 0.417. The average molecular weight is 224 g/mol. The smallest absolute Gasteiger partial charge is 0.240 e. The summed E-state index contributed by atoms with van der Waals surface area (Å²) in [6.07, 6.45) is 4.90. The van der Waals surface area contributed by atoms with Crippen molar-refractivity contribution in [1.82, 2.24) is 15.0 Å². The summed E-state index contributed by atoms with van der Waals surface area (Å²) < 4.78 is 7.51. The predicted octanol–water partition coefficient (Wildman–Crippen LogP) is -0.122. The van der Waals surface area contributed by atoms with Crippen LogP contribution in [0.25, 0.3) is 0 Å². The van der Waals surface area contributed by atoms with Crippen LogP contribution in [0.5, 0.6) is 0 Å². The molecule has 2 rings (SSSR count). The fourth-order valence-corrected chi connectivity index (χ4v) is 2.06. The highest BCUT2D eigenvalue weighted by atomic mass is 16.5. The number of imidazole rings is 1. The standard InChI is InChI=1S/C10H16N4O2/c1-14-5-4-12-9(14)8-7(10(15)13-11)3-2-6-16-8/h4-5,7-8H,2-3,6,11H2,1H3,(H,13,15)/t7-,8+/m1/s1. The molecule has 0 radical (unpaired) electrons. The van der Waals surface area contributed by atoms with E-state index in [1.165, 1.54) is 0 Å². The summed E-state index contributed by atoms with van der Waals surface area (Å²) in [4.78, 5) is 15.9. The molecule has 1 saturated heterocycles. The van der Waals surface area contributed by atoms with E-state index in [0.29, 0.717) is 6.61 Å². The van der Waals surface area contributed by atoms with Crippen molar-refractivity contribution < 1.29 is 9.53 Å². The van der Waals surface area contributed by atoms with Crippen molar-refractivity contribution in [2.24, 2.45) is 18.8 Å². The van der Waals surface area contributed by atoms with Gasteiger partial charge in [0.25, 0.3) is 0 Å². The van der Waals surface area contributed by atoms with Gasteiger partial charge in [-0.3, -0.25) is 10.2 Å². The Morgan fingerprint density at radius 2 is 2.56 bits per heavy atom. The molecule has 0 saturated carbocycles. The van der Waals surface area contributed by atoms with E-state index >= 15 is 0 Å². The molecule has 0 aliphatic carbocycles. The van der Waals surface area contributed by atoms with Crippen LogP contribution in [0.4, 0.5) is 0 Å². The monoisotopic (exact) mass is 224 g/mol. The molecule has 88 valence electrons. The molecule has 2 atom stereocenters. The first kappa shape index (κ1) is 11.1. The van der Waals surface area contributed by atoms with Crippen LogP contribution in [0.3, 0.4) is 0 Å². The third-order valence-electron chi connectivity index (χ3n) is 2.91. The van der Waals surface area contributed by atoms with Gasteiger partial charge in [-0.2, -0.15) is 0 Å². The van der Waals surface area contributed by atoms with Crippen molar-refractivity contribution in [2.45, 2.75) is 18.9 Å². The number of carbonyl (C=O) groups is 1. The van der Waals surface area contributed by atoms with Crippen LogP contribution in [0.1, 0.15) is 24.8 Å². The molecule has 1 aromatic rings. The Morgan fingerprint density at radius 1 is 1.75 bits per heavy atom. The fourth-order valence-electron chi connectivity index (χ4n) is 2.06. The van der Waals surface area contributed by atoms with Crippen molar-refractivity contribution in [3.05, 3.63) is 18.2 Å². The zero-order valence-corrected chi connectivity index (χ0v) is 9.22. The minimum atomic E-state index is -0.294. The van der Waals surface area contributed by atoms with Gasteiger partial charge in [-0.05, 0) is 12.8 Å². The normalized spacial score (nSPS) is 25.4. The number of hydrazine groups is 1. The fraction of sp³-hybridized carbons (Fsp3) is 0.600. The zero-order chi connectivity index (χ0) is 11.5. The van der Waals surface area contributed by atoms with Crippen LogP contribution in [0.15, 0.2) is 12.4 Å². The molecule has 1 aliphatic heterocycles. The number of nitrogens with zero attached hydrogens (tertiary/aromatic N) is 2. The molecule has 3 N–H and O–H groups in total. The summed E-state index contributed by atoms with van der Waals surface area (Å²) in [6, 6.07) is 0. The first-order chi connectivity index (χ1) is 7.74. The van der Waals surface area contributed by atoms with Crippen LogP contribution in [-0.4, -0.2) is 22.1 Å². The molecule has 6 nitrogen and oxygen atoms in total. The molecule has 0 unspecified atom stereocenters. The number of amides is 1. The van der Waals surface area contributed by atoms with Crippen LogP contribution >= 0.6 is 0 Å². The lowest BCUT2D eigenvalue weighted by Gasteiger charge is -2.29. The maximum atomic E-state index is 11.6. The van der Waals surface area contributed by atoms with Gasteiger partial charge in [0.05, 0.1) is 5.92 Å². The molecular weight excluding hydrogens is 208 g/mol. The number of nitrogens with one attached hydrogen (secondary N) is 1. The van der Waals surface area contributed by atoms with E-state index in [1.807, 2.05) is 17.8 Å². The van der Waals surface area contributed by atoms with Gasteiger partial charge in [0.1, 0.15) is 11.9 Å². The zero-order valence-electron chi connectivity index (χ0n) is 9.22. The highest BCUT2D eigenvalue weighted by Crippen LogP contribution is 2.32. The molecule has 2 heterocycles. The van der Waals surface area contributed by atoms with E-state index in [2.05, 4.69) is 10.4 Å². The van der Waals surface area contributed by atoms with Crippen molar-refractivity contribution in [3.63, 3.8) is 0 Å². The van der Waals surface area contributed by atoms with E-state index in [1.54, 1.807) is 6.20 Å². The largest absolute Gasteiger partial charge is 0.369 e. The van der Waals surface area contributed by atoms with Gasteiger partial charge in [-0.1, -0.05) is 0 Å². The maximum Gasteiger partial charge on any atom is 0.240 e. The van der Waals surface area contributed by atoms with Crippen molar-refractivity contribution >= 4 is 5.91 Å². The van der Waals surface area contributed by atoms with Crippen LogP contribution in [-0.2, 0) is 16.6 Å². The van der Waals surface area contributed by atoms with E-state index in [-0.39, 0.29) is 17.9 Å². The lowest BCUT2D eigenvalue weighted by Crippen LogP contribution is -2.41. The van der Waals surface area contributed by atoms with Gasteiger partial charge in [-0.15, -0.1) is 0 Å². The number of aromatic nitrogens is 2. The van der Waals surface area contributed by atoms with Gasteiger partial charge in [-0.25, -0.2) is 10.8 Å². The number of rotatable bonds is 2. The summed E-state index contributed by atoms with van der Waals surface area (Å²) in [6.45, 7) is 0.659. The number of hydrogen-bond acceptors (Lipinski definition) is 4. The molecule has 0 aromatic carbocycles. The summed E-state index contributed by atoms with van der Waals surface area (Å²) in [5.41, 5.74) is 2.19. The highest BCUT2D eigenvalue weighted by molar-refractivity contribution is 5.78. The second-order valence-electron chi connectivity index (χ2n) is 3.95. The molecule has 16 heavy (non-hydrogen) atoms. The maximum absolute atomic E-state index is 11.6. The Labute approximate surface area is 93.8 Å². The molecule has 1 fully saturated rings. The Kier molecular flexibility index (Phi) is 3.21. The van der Waals surface area contributed by atoms with Crippen molar-refractivity contribution in [1.29, 1.82) is 0 Å². The molecule has 0 spiro atoms. The third-order valence-corrected chi connectivity index (χ3v) is 2.91. The van der Waals surface area contributed by atoms with Gasteiger partial charge < -0.3 is 9.30 Å². The van der Waals surface area contributed by atoms with Crippen molar-refractivity contribution in [3.8, 4) is 0 Å². The Balaban J connectivity index is 2.23. The van der Waals surface area contributed by atoms with Crippen molar-refractivity contribution in [2.75, 3.05) is 6.61 Å². The van der Waals surface area contributed by atoms with Crippen LogP contribution < -0.4 is 11.3 Å². The lowest BCUT2D eigenvalue weighted by atomic mass is 9.93. The van der Waals surface area contributed by atoms with E-state index in [0.717, 1.165) is 18.7 Å². The average Bonchev–Trinajstić information content (AvgIpc) is 2.74. The SMILES string of the molecule is Cn1ccnc1[C@H]1OCCC[C@H]1C(=O)NN. The molecule has 0 bridgehead atoms. The topological polar surface area (TPSA) is 82.2 Å². The number of hydrogen-bond donors (Lipinski definition) is 2. The van der Waals surface area contributed by atoms with Gasteiger partial charge in [0, 0.05) is 26.0 Å². The molecular formula is C10H16N4O2. The molecule has 1 aromatic heterocycles. The number of aryl methyl sites for hydroxylation is 1. The van der Waals surface area contributed by atoms with E-state index in [4.69, 9.17) is 10.6 Å². The minimum absolute atomic E-state index is 0.187. The number of carbonyl (C=O) groups excluding carboxylic acids is 1.